The maximum absolute atomic E-state index is 4.73. The van der Waals surface area contributed by atoms with Crippen LogP contribution in [-0.2, 0) is 6.54 Å². The van der Waals surface area contributed by atoms with Crippen molar-refractivity contribution in [1.29, 1.82) is 0 Å². The molecule has 2 N–H and O–H groups in total. The number of benzene rings is 2. The summed E-state index contributed by atoms with van der Waals surface area (Å²) in [6, 6.07) is 22.2. The number of hydrogen-bond donors (Lipinski definition) is 2. The molecular formula is C22H21N7. The Morgan fingerprint density at radius 2 is 1.83 bits per heavy atom. The number of nitrogens with one attached hydrogen (secondary N) is 2. The molecule has 7 heteroatoms. The van der Waals surface area contributed by atoms with Crippen LogP contribution in [0.1, 0.15) is 5.82 Å². The van der Waals surface area contributed by atoms with E-state index in [0.29, 0.717) is 5.95 Å². The zero-order valence-electron chi connectivity index (χ0n) is 16.3. The molecule has 0 fully saturated rings. The van der Waals surface area contributed by atoms with E-state index in [-0.39, 0.29) is 0 Å². The maximum Gasteiger partial charge on any atom is 0.247 e. The molecule has 0 bridgehead atoms. The third-order valence-electron chi connectivity index (χ3n) is 4.68. The minimum Gasteiger partial charge on any atom is -0.341 e. The molecule has 0 saturated heterocycles. The van der Waals surface area contributed by atoms with Gasteiger partial charge in [0.1, 0.15) is 5.82 Å². The van der Waals surface area contributed by atoms with Gasteiger partial charge in [0.05, 0.1) is 23.3 Å². The molecule has 0 atom stereocenters. The highest BCUT2D eigenvalue weighted by Crippen LogP contribution is 2.25. The second-order valence-electron chi connectivity index (χ2n) is 7.26. The Kier molecular flexibility index (Phi) is 4.22. The Morgan fingerprint density at radius 3 is 2.66 bits per heavy atom. The number of aromatic amines is 1. The number of nitrogens with zero attached hydrogens (tertiary/aromatic N) is 5. The lowest BCUT2D eigenvalue weighted by atomic mass is 10.1. The number of aromatic nitrogens is 5. The van der Waals surface area contributed by atoms with Crippen LogP contribution in [0.5, 0.6) is 0 Å². The van der Waals surface area contributed by atoms with Gasteiger partial charge in [-0.05, 0) is 50.5 Å². The van der Waals surface area contributed by atoms with Crippen LogP contribution in [0.3, 0.4) is 0 Å². The fourth-order valence-electron chi connectivity index (χ4n) is 3.42. The molecule has 7 nitrogen and oxygen atoms in total. The SMILES string of the molecule is CN(C)Cc1nc2cc(-c3cccc4nc(Nc5ccccc5)nn34)ccc2[nH]1. The molecule has 0 spiro atoms. The van der Waals surface area contributed by atoms with Gasteiger partial charge in [-0.25, -0.2) is 9.50 Å². The second-order valence-corrected chi connectivity index (χ2v) is 7.26. The van der Waals surface area contributed by atoms with Gasteiger partial charge in [-0.15, -0.1) is 5.10 Å². The second kappa shape index (κ2) is 7.03. The fourth-order valence-corrected chi connectivity index (χ4v) is 3.42. The van der Waals surface area contributed by atoms with Crippen LogP contribution in [0.4, 0.5) is 11.6 Å². The predicted molar refractivity (Wildman–Crippen MR) is 115 cm³/mol. The first-order chi connectivity index (χ1) is 14.2. The number of para-hydroxylation sites is 1. The van der Waals surface area contributed by atoms with Crippen LogP contribution in [-0.4, -0.2) is 43.6 Å². The first-order valence-corrected chi connectivity index (χ1v) is 9.47. The van der Waals surface area contributed by atoms with E-state index in [1.165, 1.54) is 0 Å². The number of imidazole rings is 1. The predicted octanol–water partition coefficient (Wildman–Crippen LogP) is 4.08. The number of H-pyrrole nitrogens is 1. The Hall–Kier alpha value is -3.71. The van der Waals surface area contributed by atoms with Crippen molar-refractivity contribution in [2.24, 2.45) is 0 Å². The molecule has 3 aromatic heterocycles. The Labute approximate surface area is 168 Å². The van der Waals surface area contributed by atoms with Gasteiger partial charge >= 0.3 is 0 Å². The Bertz CT molecular complexity index is 1280. The topological polar surface area (TPSA) is 74.1 Å². The summed E-state index contributed by atoms with van der Waals surface area (Å²) in [6.07, 6.45) is 0. The molecule has 29 heavy (non-hydrogen) atoms. The van der Waals surface area contributed by atoms with Gasteiger partial charge in [0.2, 0.25) is 5.95 Å². The van der Waals surface area contributed by atoms with Crippen LogP contribution >= 0.6 is 0 Å². The van der Waals surface area contributed by atoms with Crippen LogP contribution in [0, 0.1) is 0 Å². The van der Waals surface area contributed by atoms with E-state index in [1.807, 2.05) is 67.1 Å². The summed E-state index contributed by atoms with van der Waals surface area (Å²) < 4.78 is 1.86. The molecule has 5 rings (SSSR count). The summed E-state index contributed by atoms with van der Waals surface area (Å²) in [4.78, 5) is 14.8. The number of pyridine rings is 1. The van der Waals surface area contributed by atoms with Crippen molar-refractivity contribution >= 4 is 28.3 Å². The summed E-state index contributed by atoms with van der Waals surface area (Å²) in [7, 11) is 4.07. The van der Waals surface area contributed by atoms with Crippen LogP contribution < -0.4 is 5.32 Å². The molecule has 2 aromatic carbocycles. The van der Waals surface area contributed by atoms with E-state index in [9.17, 15) is 0 Å². The summed E-state index contributed by atoms with van der Waals surface area (Å²) in [5.41, 5.74) is 5.73. The summed E-state index contributed by atoms with van der Waals surface area (Å²) in [6.45, 7) is 0.775. The molecule has 0 saturated carbocycles. The van der Waals surface area contributed by atoms with Gasteiger partial charge in [0, 0.05) is 11.3 Å². The minimum atomic E-state index is 0.567. The molecule has 0 radical (unpaired) electrons. The number of hydrogen-bond acceptors (Lipinski definition) is 5. The third-order valence-corrected chi connectivity index (χ3v) is 4.68. The Balaban J connectivity index is 1.54. The molecule has 3 heterocycles. The molecule has 0 aliphatic carbocycles. The lowest BCUT2D eigenvalue weighted by Gasteiger charge is -2.04. The lowest BCUT2D eigenvalue weighted by Crippen LogP contribution is -2.11. The van der Waals surface area contributed by atoms with E-state index in [2.05, 4.69) is 43.5 Å². The van der Waals surface area contributed by atoms with E-state index in [1.54, 1.807) is 0 Å². The molecule has 0 aliphatic heterocycles. The van der Waals surface area contributed by atoms with Crippen LogP contribution in [0.25, 0.3) is 27.9 Å². The van der Waals surface area contributed by atoms with E-state index >= 15 is 0 Å². The van der Waals surface area contributed by atoms with Crippen molar-refractivity contribution in [3.8, 4) is 11.3 Å². The lowest BCUT2D eigenvalue weighted by molar-refractivity contribution is 0.392. The summed E-state index contributed by atoms with van der Waals surface area (Å²) in [5, 5.41) is 7.93. The summed E-state index contributed by atoms with van der Waals surface area (Å²) in [5.74, 6) is 1.52. The quantitative estimate of drug-likeness (QED) is 0.478. The molecule has 0 amide bonds. The van der Waals surface area contributed by atoms with Gasteiger partial charge in [0.25, 0.3) is 0 Å². The van der Waals surface area contributed by atoms with Crippen LogP contribution in [0.15, 0.2) is 66.7 Å². The number of fused-ring (bicyclic) bond motifs is 2. The maximum atomic E-state index is 4.73. The average molecular weight is 383 g/mol. The highest BCUT2D eigenvalue weighted by Gasteiger charge is 2.11. The monoisotopic (exact) mass is 383 g/mol. The summed E-state index contributed by atoms with van der Waals surface area (Å²) >= 11 is 0. The van der Waals surface area contributed by atoms with Gasteiger partial charge in [-0.3, -0.25) is 0 Å². The normalized spacial score (nSPS) is 11.6. The van der Waals surface area contributed by atoms with Crippen molar-refractivity contribution in [3.05, 3.63) is 72.6 Å². The molecule has 144 valence electrons. The van der Waals surface area contributed by atoms with Crippen molar-refractivity contribution < 1.29 is 0 Å². The zero-order valence-corrected chi connectivity index (χ0v) is 16.3. The van der Waals surface area contributed by atoms with Gasteiger partial charge in [-0.1, -0.05) is 30.3 Å². The molecule has 0 aliphatic rings. The fraction of sp³-hybridized carbons (Fsp3) is 0.136. The largest absolute Gasteiger partial charge is 0.341 e. The van der Waals surface area contributed by atoms with E-state index < -0.39 is 0 Å². The highest BCUT2D eigenvalue weighted by atomic mass is 15.4. The van der Waals surface area contributed by atoms with Crippen molar-refractivity contribution in [1.82, 2.24) is 29.5 Å². The van der Waals surface area contributed by atoms with E-state index in [0.717, 1.165) is 46.0 Å². The standard InChI is InChI=1S/C22H21N7/c1-28(2)14-20-24-17-12-11-15(13-18(17)25-20)19-9-6-10-21-26-22(27-29(19)21)23-16-7-4-3-5-8-16/h3-13H,14H2,1-2H3,(H,23,27)(H,24,25). The van der Waals surface area contributed by atoms with Crippen molar-refractivity contribution in [2.75, 3.05) is 19.4 Å². The highest BCUT2D eigenvalue weighted by molar-refractivity contribution is 5.81. The van der Waals surface area contributed by atoms with Crippen molar-refractivity contribution in [3.63, 3.8) is 0 Å². The average Bonchev–Trinajstić information content (AvgIpc) is 3.30. The van der Waals surface area contributed by atoms with Crippen molar-refractivity contribution in [2.45, 2.75) is 6.54 Å². The van der Waals surface area contributed by atoms with Gasteiger partial charge < -0.3 is 15.2 Å². The first-order valence-electron chi connectivity index (χ1n) is 9.47. The van der Waals surface area contributed by atoms with Gasteiger partial charge in [0.15, 0.2) is 5.65 Å². The smallest absolute Gasteiger partial charge is 0.247 e. The third kappa shape index (κ3) is 3.43. The van der Waals surface area contributed by atoms with Crippen LogP contribution in [0.2, 0.25) is 0 Å². The number of anilines is 2. The molecule has 5 aromatic rings. The zero-order chi connectivity index (χ0) is 19.8. The molecule has 0 unspecified atom stereocenters. The van der Waals surface area contributed by atoms with Gasteiger partial charge in [-0.2, -0.15) is 4.98 Å². The minimum absolute atomic E-state index is 0.567. The molecular weight excluding hydrogens is 362 g/mol. The van der Waals surface area contributed by atoms with E-state index in [4.69, 9.17) is 4.98 Å². The first kappa shape index (κ1) is 17.4. The number of rotatable bonds is 5. The Morgan fingerprint density at radius 1 is 0.966 bits per heavy atom.